The number of hydrogen-bond acceptors (Lipinski definition) is 3. The molecule has 1 spiro atoms. The van der Waals surface area contributed by atoms with Crippen molar-refractivity contribution in [1.29, 1.82) is 0 Å². The maximum atomic E-state index is 14.9. The highest BCUT2D eigenvalue weighted by molar-refractivity contribution is 5.31. The molecule has 0 aromatic carbocycles. The number of methoxy groups -OCH3 is 2. The summed E-state index contributed by atoms with van der Waals surface area (Å²) >= 11 is 0. The van der Waals surface area contributed by atoms with E-state index in [0.29, 0.717) is 13.5 Å². The Morgan fingerprint density at radius 3 is 2.14 bits per heavy atom. The average molecular weight is 328 g/mol. The van der Waals surface area contributed by atoms with Gasteiger partial charge in [0.25, 0.3) is 0 Å². The van der Waals surface area contributed by atoms with Gasteiger partial charge in [0, 0.05) is 20.1 Å². The summed E-state index contributed by atoms with van der Waals surface area (Å²) in [5.41, 5.74) is -4.22. The van der Waals surface area contributed by atoms with E-state index in [2.05, 4.69) is 4.74 Å². The molecular formula is C14H17F5O3. The third kappa shape index (κ3) is 1.42. The number of hydrogen-bond donors (Lipinski definition) is 0. The molecule has 1 heterocycles. The molecule has 0 N–H and O–H groups in total. The van der Waals surface area contributed by atoms with Gasteiger partial charge in [-0.2, -0.15) is 22.0 Å². The molecule has 2 bridgehead atoms. The molecule has 22 heavy (non-hydrogen) atoms. The van der Waals surface area contributed by atoms with Crippen molar-refractivity contribution in [1.82, 2.24) is 0 Å². The van der Waals surface area contributed by atoms with E-state index in [1.165, 1.54) is 0 Å². The molecule has 8 heteroatoms. The third-order valence-electron chi connectivity index (χ3n) is 5.55. The van der Waals surface area contributed by atoms with Crippen LogP contribution < -0.4 is 0 Å². The van der Waals surface area contributed by atoms with Crippen molar-refractivity contribution < 1.29 is 36.2 Å². The first kappa shape index (κ1) is 16.1. The Bertz CT molecular complexity index is 519. The molecule has 1 saturated carbocycles. The Morgan fingerprint density at radius 1 is 1.14 bits per heavy atom. The minimum Gasteiger partial charge on any atom is -0.369 e. The highest BCUT2D eigenvalue weighted by Gasteiger charge is 2.90. The predicted octanol–water partition coefficient (Wildman–Crippen LogP) is 3.30. The molecule has 1 aliphatic heterocycles. The van der Waals surface area contributed by atoms with Gasteiger partial charge in [-0.25, -0.2) is 0 Å². The van der Waals surface area contributed by atoms with Crippen molar-refractivity contribution in [2.24, 2.45) is 11.8 Å². The van der Waals surface area contributed by atoms with Crippen LogP contribution in [0, 0.1) is 11.8 Å². The van der Waals surface area contributed by atoms with Gasteiger partial charge in [-0.1, -0.05) is 12.2 Å². The van der Waals surface area contributed by atoms with Gasteiger partial charge in [-0.15, -0.1) is 0 Å². The van der Waals surface area contributed by atoms with E-state index >= 15 is 0 Å². The Labute approximate surface area is 124 Å². The van der Waals surface area contributed by atoms with E-state index in [4.69, 9.17) is 9.47 Å². The molecule has 3 nitrogen and oxygen atoms in total. The molecule has 1 saturated heterocycles. The highest BCUT2D eigenvalue weighted by atomic mass is 19.4. The fourth-order valence-corrected chi connectivity index (χ4v) is 4.30. The van der Waals surface area contributed by atoms with E-state index in [9.17, 15) is 22.0 Å². The first-order valence-electron chi connectivity index (χ1n) is 6.94. The van der Waals surface area contributed by atoms with Gasteiger partial charge < -0.3 is 14.2 Å². The van der Waals surface area contributed by atoms with Crippen LogP contribution in [-0.4, -0.2) is 43.3 Å². The Balaban J connectivity index is 2.22. The summed E-state index contributed by atoms with van der Waals surface area (Å²) in [5.74, 6) is -9.06. The van der Waals surface area contributed by atoms with E-state index < -0.39 is 35.0 Å². The molecule has 2 fully saturated rings. The molecule has 0 aromatic heterocycles. The minimum atomic E-state index is -5.40. The van der Waals surface area contributed by atoms with Crippen molar-refractivity contribution in [3.63, 3.8) is 0 Å². The molecule has 3 aliphatic rings. The summed E-state index contributed by atoms with van der Waals surface area (Å²) in [6, 6.07) is 0. The van der Waals surface area contributed by atoms with Crippen molar-refractivity contribution >= 4 is 0 Å². The van der Waals surface area contributed by atoms with Crippen molar-refractivity contribution in [3.8, 4) is 0 Å². The van der Waals surface area contributed by atoms with Crippen LogP contribution in [0.25, 0.3) is 0 Å². The van der Waals surface area contributed by atoms with Crippen molar-refractivity contribution in [3.05, 3.63) is 12.2 Å². The van der Waals surface area contributed by atoms with Gasteiger partial charge in [0.15, 0.2) is 5.60 Å². The minimum absolute atomic E-state index is 0.0509. The topological polar surface area (TPSA) is 27.7 Å². The number of alkyl halides is 5. The fourth-order valence-electron chi connectivity index (χ4n) is 4.30. The molecule has 126 valence electrons. The SMILES string of the molecule is COC1(C)C2(CC3C=CC2C3)OC(OC)(C(F)(F)F)C1(F)F. The standard InChI is InChI=1S/C14H17F5O3/c1-10(20-2)11(7-8-4-5-9(11)6-8)22-13(21-3,12(10,15)16)14(17,18)19/h4-5,8-9H,6-7H2,1-3H3. The highest BCUT2D eigenvalue weighted by Crippen LogP contribution is 2.69. The second kappa shape index (κ2) is 4.21. The van der Waals surface area contributed by atoms with E-state index in [1.807, 2.05) is 6.08 Å². The molecule has 2 aliphatic carbocycles. The lowest BCUT2D eigenvalue weighted by atomic mass is 9.72. The van der Waals surface area contributed by atoms with Crippen LogP contribution >= 0.6 is 0 Å². The van der Waals surface area contributed by atoms with Crippen LogP contribution in [-0.2, 0) is 14.2 Å². The van der Waals surface area contributed by atoms with Crippen LogP contribution in [0.1, 0.15) is 19.8 Å². The maximum absolute atomic E-state index is 14.9. The summed E-state index contributed by atoms with van der Waals surface area (Å²) < 4.78 is 84.6. The van der Waals surface area contributed by atoms with Gasteiger partial charge in [-0.3, -0.25) is 0 Å². The monoisotopic (exact) mass is 328 g/mol. The van der Waals surface area contributed by atoms with Crippen molar-refractivity contribution in [2.75, 3.05) is 14.2 Å². The number of rotatable bonds is 2. The third-order valence-corrected chi connectivity index (χ3v) is 5.55. The number of halogens is 5. The molecular weight excluding hydrogens is 311 g/mol. The van der Waals surface area contributed by atoms with Gasteiger partial charge in [-0.05, 0) is 25.7 Å². The Hall–Kier alpha value is -0.730. The first-order chi connectivity index (χ1) is 10.0. The fraction of sp³-hybridized carbons (Fsp3) is 0.857. The second-order valence-corrected chi connectivity index (χ2v) is 6.31. The maximum Gasteiger partial charge on any atom is 0.450 e. The van der Waals surface area contributed by atoms with Crippen LogP contribution in [0.5, 0.6) is 0 Å². The van der Waals surface area contributed by atoms with Gasteiger partial charge >= 0.3 is 17.9 Å². The molecule has 5 unspecified atom stereocenters. The number of allylic oxidation sites excluding steroid dienone is 1. The zero-order valence-corrected chi connectivity index (χ0v) is 12.3. The average Bonchev–Trinajstić information content (AvgIpc) is 3.05. The second-order valence-electron chi connectivity index (χ2n) is 6.31. The van der Waals surface area contributed by atoms with Gasteiger partial charge in [0.1, 0.15) is 5.60 Å². The molecule has 0 amide bonds. The molecule has 0 aromatic rings. The zero-order valence-electron chi connectivity index (χ0n) is 12.3. The Morgan fingerprint density at radius 2 is 1.77 bits per heavy atom. The van der Waals surface area contributed by atoms with Crippen LogP contribution in [0.15, 0.2) is 12.2 Å². The summed E-state index contributed by atoms with van der Waals surface area (Å²) in [4.78, 5) is 0. The van der Waals surface area contributed by atoms with Crippen LogP contribution in [0.3, 0.4) is 0 Å². The zero-order chi connectivity index (χ0) is 16.6. The predicted molar refractivity (Wildman–Crippen MR) is 65.3 cm³/mol. The Kier molecular flexibility index (Phi) is 3.09. The lowest BCUT2D eigenvalue weighted by Crippen LogP contribution is -2.65. The number of ether oxygens (including phenoxy) is 3. The van der Waals surface area contributed by atoms with Gasteiger partial charge in [0.05, 0.1) is 0 Å². The van der Waals surface area contributed by atoms with E-state index in [1.54, 1.807) is 6.08 Å². The summed E-state index contributed by atoms with van der Waals surface area (Å²) in [6.07, 6.45) is -1.40. The first-order valence-corrected chi connectivity index (χ1v) is 6.94. The summed E-state index contributed by atoms with van der Waals surface area (Å²) in [5, 5.41) is 0. The lowest BCUT2D eigenvalue weighted by molar-refractivity contribution is -0.424. The normalized spacial score (nSPS) is 49.5. The van der Waals surface area contributed by atoms with Gasteiger partial charge in [0.2, 0.25) is 0 Å². The van der Waals surface area contributed by atoms with Crippen LogP contribution in [0.4, 0.5) is 22.0 Å². The summed E-state index contributed by atoms with van der Waals surface area (Å²) in [6.45, 7) is 0.980. The largest absolute Gasteiger partial charge is 0.450 e. The molecule has 5 atom stereocenters. The number of fused-ring (bicyclic) bond motifs is 3. The van der Waals surface area contributed by atoms with Crippen molar-refractivity contribution in [2.45, 2.75) is 48.9 Å². The lowest BCUT2D eigenvalue weighted by Gasteiger charge is -2.43. The van der Waals surface area contributed by atoms with E-state index in [-0.39, 0.29) is 12.3 Å². The quantitative estimate of drug-likeness (QED) is 0.575. The molecule has 0 radical (unpaired) electrons. The van der Waals surface area contributed by atoms with Crippen LogP contribution in [0.2, 0.25) is 0 Å². The summed E-state index contributed by atoms with van der Waals surface area (Å²) in [7, 11) is 1.57. The smallest absolute Gasteiger partial charge is 0.369 e. The van der Waals surface area contributed by atoms with E-state index in [0.717, 1.165) is 14.0 Å². The molecule has 3 rings (SSSR count).